The Hall–Kier alpha value is -2.06. The Morgan fingerprint density at radius 2 is 2.30 bits per heavy atom. The smallest absolute Gasteiger partial charge is 0.269 e. The Labute approximate surface area is 119 Å². The molecule has 0 saturated carbocycles. The minimum atomic E-state index is -0.478. The number of hydrogen-bond acceptors (Lipinski definition) is 5. The number of H-pyrrole nitrogens is 1. The van der Waals surface area contributed by atoms with E-state index in [1.165, 1.54) is 6.07 Å². The van der Waals surface area contributed by atoms with Gasteiger partial charge in [0, 0.05) is 19.2 Å². The number of benzene rings is 1. The van der Waals surface area contributed by atoms with Crippen molar-refractivity contribution in [2.45, 2.75) is 5.41 Å². The van der Waals surface area contributed by atoms with Crippen molar-refractivity contribution in [3.8, 4) is 0 Å². The van der Waals surface area contributed by atoms with Gasteiger partial charge in [-0.05, 0) is 17.8 Å². The van der Waals surface area contributed by atoms with Gasteiger partial charge in [-0.3, -0.25) is 15.2 Å². The summed E-state index contributed by atoms with van der Waals surface area (Å²) in [6, 6.07) is 6.57. The molecule has 1 aliphatic rings. The fraction of sp³-hybridized carbons (Fsp3) is 0.333. The lowest BCUT2D eigenvalue weighted by Crippen LogP contribution is -2.49. The minimum Gasteiger partial charge on any atom is -0.378 e. The van der Waals surface area contributed by atoms with E-state index in [9.17, 15) is 10.1 Å². The van der Waals surface area contributed by atoms with Crippen LogP contribution in [0.5, 0.6) is 0 Å². The van der Waals surface area contributed by atoms with Gasteiger partial charge < -0.3 is 9.30 Å². The van der Waals surface area contributed by atoms with Gasteiger partial charge in [-0.2, -0.15) is 5.10 Å². The Bertz CT molecular complexity index is 732. The first-order valence-corrected chi connectivity index (χ1v) is 6.40. The molecule has 3 rings (SSSR count). The Morgan fingerprint density at radius 1 is 1.55 bits per heavy atom. The van der Waals surface area contributed by atoms with Crippen molar-refractivity contribution in [2.75, 3.05) is 13.2 Å². The molecular weight excluding hydrogens is 280 g/mol. The molecule has 0 aliphatic carbocycles. The van der Waals surface area contributed by atoms with Crippen LogP contribution in [-0.4, -0.2) is 32.9 Å². The average molecular weight is 292 g/mol. The van der Waals surface area contributed by atoms with Crippen molar-refractivity contribution in [3.05, 3.63) is 50.5 Å². The van der Waals surface area contributed by atoms with Gasteiger partial charge in [0.05, 0.1) is 18.1 Å². The molecule has 1 aliphatic heterocycles. The van der Waals surface area contributed by atoms with E-state index in [4.69, 9.17) is 17.0 Å². The van der Waals surface area contributed by atoms with Crippen LogP contribution in [0.3, 0.4) is 0 Å². The molecule has 1 fully saturated rings. The molecule has 0 spiro atoms. The highest BCUT2D eigenvalue weighted by atomic mass is 32.1. The van der Waals surface area contributed by atoms with E-state index < -0.39 is 10.3 Å². The molecule has 1 N–H and O–H groups in total. The van der Waals surface area contributed by atoms with Crippen LogP contribution in [0.25, 0.3) is 0 Å². The predicted molar refractivity (Wildman–Crippen MR) is 73.1 cm³/mol. The minimum absolute atomic E-state index is 0.0607. The molecule has 0 bridgehead atoms. The third kappa shape index (κ3) is 1.76. The van der Waals surface area contributed by atoms with Crippen molar-refractivity contribution in [3.63, 3.8) is 0 Å². The second-order valence-electron chi connectivity index (χ2n) is 4.79. The van der Waals surface area contributed by atoms with Gasteiger partial charge in [0.2, 0.25) is 0 Å². The van der Waals surface area contributed by atoms with Crippen LogP contribution in [0.1, 0.15) is 11.4 Å². The summed E-state index contributed by atoms with van der Waals surface area (Å²) in [5, 5.41) is 17.9. The van der Waals surface area contributed by atoms with E-state index >= 15 is 0 Å². The van der Waals surface area contributed by atoms with Crippen LogP contribution in [0.2, 0.25) is 0 Å². The van der Waals surface area contributed by atoms with Gasteiger partial charge >= 0.3 is 0 Å². The quantitative estimate of drug-likeness (QED) is 0.528. The second-order valence-corrected chi connectivity index (χ2v) is 5.18. The first-order chi connectivity index (χ1) is 9.54. The number of rotatable bonds is 3. The standard InChI is InChI=1S/C12H12N4O3S/c1-15-10(13-14-11(15)20)12(6-19-7-12)8-3-2-4-9(5-8)16(17)18/h2-5H,6-7H2,1H3,(H,14,20). The number of nitrogens with one attached hydrogen (secondary N) is 1. The summed E-state index contributed by atoms with van der Waals surface area (Å²) in [7, 11) is 1.82. The monoisotopic (exact) mass is 292 g/mol. The SMILES string of the molecule is Cn1c(C2(c3cccc([N+](=O)[O-])c3)COC2)n[nH]c1=S. The lowest BCUT2D eigenvalue weighted by Gasteiger charge is -2.40. The number of nitrogens with zero attached hydrogens (tertiary/aromatic N) is 3. The van der Waals surface area contributed by atoms with Crippen LogP contribution in [0.15, 0.2) is 24.3 Å². The zero-order valence-corrected chi connectivity index (χ0v) is 11.5. The molecule has 1 saturated heterocycles. The summed E-state index contributed by atoms with van der Waals surface area (Å²) < 4.78 is 7.63. The normalized spacial score (nSPS) is 16.6. The van der Waals surface area contributed by atoms with E-state index in [0.29, 0.717) is 18.0 Å². The second kappa shape index (κ2) is 4.50. The first-order valence-electron chi connectivity index (χ1n) is 5.99. The highest BCUT2D eigenvalue weighted by molar-refractivity contribution is 7.71. The summed E-state index contributed by atoms with van der Waals surface area (Å²) >= 11 is 5.13. The lowest BCUT2D eigenvalue weighted by atomic mass is 9.77. The van der Waals surface area contributed by atoms with Crippen LogP contribution in [0.4, 0.5) is 5.69 Å². The molecule has 104 valence electrons. The molecular formula is C12H12N4O3S. The van der Waals surface area contributed by atoms with Crippen LogP contribution >= 0.6 is 12.2 Å². The molecule has 0 radical (unpaired) electrons. The molecule has 7 nitrogen and oxygen atoms in total. The molecule has 0 amide bonds. The highest BCUT2D eigenvalue weighted by Gasteiger charge is 2.46. The Morgan fingerprint density at radius 3 is 2.80 bits per heavy atom. The number of aromatic nitrogens is 3. The molecule has 2 heterocycles. The maximum Gasteiger partial charge on any atom is 0.269 e. The maximum atomic E-state index is 10.9. The summed E-state index contributed by atoms with van der Waals surface area (Å²) in [4.78, 5) is 10.5. The Balaban J connectivity index is 2.14. The number of aromatic amines is 1. The molecule has 2 aromatic rings. The summed E-state index contributed by atoms with van der Waals surface area (Å²) in [5.41, 5.74) is 0.398. The van der Waals surface area contributed by atoms with E-state index in [2.05, 4.69) is 10.2 Å². The van der Waals surface area contributed by atoms with Gasteiger partial charge in [0.1, 0.15) is 11.2 Å². The van der Waals surface area contributed by atoms with E-state index in [1.807, 2.05) is 13.1 Å². The summed E-state index contributed by atoms with van der Waals surface area (Å²) in [6.45, 7) is 0.864. The lowest BCUT2D eigenvalue weighted by molar-refractivity contribution is -0.385. The third-order valence-corrected chi connectivity index (χ3v) is 3.98. The van der Waals surface area contributed by atoms with Crippen LogP contribution in [-0.2, 0) is 17.2 Å². The van der Waals surface area contributed by atoms with Crippen molar-refractivity contribution in [2.24, 2.45) is 7.05 Å². The fourth-order valence-electron chi connectivity index (χ4n) is 2.42. The van der Waals surface area contributed by atoms with Crippen molar-refractivity contribution in [1.29, 1.82) is 0 Å². The van der Waals surface area contributed by atoms with E-state index in [0.717, 1.165) is 11.4 Å². The summed E-state index contributed by atoms with van der Waals surface area (Å²) in [5.74, 6) is 0.731. The predicted octanol–water partition coefficient (Wildman–Crippen LogP) is 1.70. The van der Waals surface area contributed by atoms with Crippen molar-refractivity contribution < 1.29 is 9.66 Å². The third-order valence-electron chi connectivity index (χ3n) is 3.61. The van der Waals surface area contributed by atoms with Gasteiger partial charge in [0.25, 0.3) is 5.69 Å². The van der Waals surface area contributed by atoms with Crippen molar-refractivity contribution >= 4 is 17.9 Å². The Kier molecular flexibility index (Phi) is 2.91. The zero-order chi connectivity index (χ0) is 14.3. The molecule has 0 unspecified atom stereocenters. The molecule has 20 heavy (non-hydrogen) atoms. The molecule has 1 aromatic heterocycles. The number of nitro benzene ring substituents is 1. The van der Waals surface area contributed by atoms with E-state index in [-0.39, 0.29) is 5.69 Å². The fourth-order valence-corrected chi connectivity index (χ4v) is 2.56. The van der Waals surface area contributed by atoms with Crippen LogP contribution < -0.4 is 0 Å². The molecule has 0 atom stereocenters. The highest BCUT2D eigenvalue weighted by Crippen LogP contribution is 2.39. The van der Waals surface area contributed by atoms with Crippen molar-refractivity contribution in [1.82, 2.24) is 14.8 Å². The molecule has 8 heteroatoms. The van der Waals surface area contributed by atoms with Gasteiger partial charge in [-0.15, -0.1) is 0 Å². The summed E-state index contributed by atoms with van der Waals surface area (Å²) in [6.07, 6.45) is 0. The topological polar surface area (TPSA) is 86.0 Å². The van der Waals surface area contributed by atoms with Gasteiger partial charge in [0.15, 0.2) is 4.77 Å². The zero-order valence-electron chi connectivity index (χ0n) is 10.7. The maximum absolute atomic E-state index is 10.9. The number of ether oxygens (including phenoxy) is 1. The van der Waals surface area contributed by atoms with E-state index in [1.54, 1.807) is 16.7 Å². The van der Waals surface area contributed by atoms with Crippen LogP contribution in [0, 0.1) is 14.9 Å². The molecule has 1 aromatic carbocycles. The number of hydrogen-bond donors (Lipinski definition) is 1. The number of non-ortho nitro benzene ring substituents is 1. The average Bonchev–Trinajstić information content (AvgIpc) is 2.71. The first kappa shape index (κ1) is 12.9. The van der Waals surface area contributed by atoms with Gasteiger partial charge in [-0.25, -0.2) is 0 Å². The number of nitro groups is 1. The largest absolute Gasteiger partial charge is 0.378 e. The van der Waals surface area contributed by atoms with Gasteiger partial charge in [-0.1, -0.05) is 12.1 Å².